The van der Waals surface area contributed by atoms with Gasteiger partial charge >= 0.3 is 0 Å². The van der Waals surface area contributed by atoms with Gasteiger partial charge in [-0.25, -0.2) is 0 Å². The Bertz CT molecular complexity index is 403. The van der Waals surface area contributed by atoms with Gasteiger partial charge in [0.15, 0.2) is 0 Å². The Balaban J connectivity index is 1.52. The van der Waals surface area contributed by atoms with Crippen molar-refractivity contribution in [3.05, 3.63) is 34.9 Å². The van der Waals surface area contributed by atoms with Crippen molar-refractivity contribution in [2.45, 2.75) is 37.9 Å². The fraction of sp³-hybridized carbons (Fsp3) is 0.600. The molecule has 2 aliphatic heterocycles. The Kier molecular flexibility index (Phi) is 3.60. The molecule has 18 heavy (non-hydrogen) atoms. The van der Waals surface area contributed by atoms with Crippen LogP contribution in [0, 0.1) is 5.92 Å². The molecule has 0 radical (unpaired) electrons. The van der Waals surface area contributed by atoms with Gasteiger partial charge in [0.05, 0.1) is 0 Å². The lowest BCUT2D eigenvalue weighted by molar-refractivity contribution is 0.242. The van der Waals surface area contributed by atoms with Crippen molar-refractivity contribution < 1.29 is 0 Å². The molecule has 0 amide bonds. The predicted molar refractivity (Wildman–Crippen MR) is 75.8 cm³/mol. The molecule has 1 aromatic rings. The van der Waals surface area contributed by atoms with Crippen molar-refractivity contribution in [1.82, 2.24) is 10.2 Å². The third-order valence-corrected chi connectivity index (χ3v) is 4.60. The van der Waals surface area contributed by atoms with E-state index in [0.29, 0.717) is 0 Å². The highest BCUT2D eigenvalue weighted by Crippen LogP contribution is 2.33. The third-order valence-electron chi connectivity index (χ3n) is 4.34. The Morgan fingerprint density at radius 1 is 1.28 bits per heavy atom. The highest BCUT2D eigenvalue weighted by atomic mass is 35.5. The molecule has 1 N–H and O–H groups in total. The predicted octanol–water partition coefficient (Wildman–Crippen LogP) is 2.91. The first-order chi connectivity index (χ1) is 8.70. The molecule has 0 aliphatic carbocycles. The summed E-state index contributed by atoms with van der Waals surface area (Å²) in [7, 11) is 2.22. The summed E-state index contributed by atoms with van der Waals surface area (Å²) in [6, 6.07) is 9.79. The van der Waals surface area contributed by atoms with Crippen molar-refractivity contribution in [2.24, 2.45) is 5.92 Å². The first-order valence-corrected chi connectivity index (χ1v) is 7.27. The molecule has 98 valence electrons. The van der Waals surface area contributed by atoms with E-state index in [0.717, 1.165) is 29.6 Å². The lowest BCUT2D eigenvalue weighted by atomic mass is 9.89. The summed E-state index contributed by atoms with van der Waals surface area (Å²) in [4.78, 5) is 2.44. The van der Waals surface area contributed by atoms with Crippen LogP contribution in [0.5, 0.6) is 0 Å². The molecular formula is C15H21ClN2. The summed E-state index contributed by atoms with van der Waals surface area (Å²) < 4.78 is 0. The first-order valence-electron chi connectivity index (χ1n) is 6.90. The van der Waals surface area contributed by atoms with E-state index in [2.05, 4.69) is 29.4 Å². The molecule has 1 aromatic carbocycles. The van der Waals surface area contributed by atoms with Crippen LogP contribution in [0.15, 0.2) is 24.3 Å². The number of hydrogen-bond donors (Lipinski definition) is 1. The summed E-state index contributed by atoms with van der Waals surface area (Å²) >= 11 is 5.91. The van der Waals surface area contributed by atoms with Gasteiger partial charge in [-0.2, -0.15) is 0 Å². The van der Waals surface area contributed by atoms with E-state index in [-0.39, 0.29) is 0 Å². The van der Waals surface area contributed by atoms with E-state index in [1.807, 2.05) is 12.1 Å². The summed E-state index contributed by atoms with van der Waals surface area (Å²) in [6.45, 7) is 2.22. The first kappa shape index (κ1) is 12.5. The van der Waals surface area contributed by atoms with Gasteiger partial charge in [0.1, 0.15) is 0 Å². The Morgan fingerprint density at radius 3 is 2.67 bits per heavy atom. The van der Waals surface area contributed by atoms with E-state index in [1.54, 1.807) is 0 Å². The fourth-order valence-electron chi connectivity index (χ4n) is 3.51. The Hall–Kier alpha value is -0.570. The molecule has 2 aliphatic rings. The standard InChI is InChI=1S/C15H21ClN2/c1-18(9-11-2-4-13(16)5-3-11)10-12-8-14-6-7-15(12)17-14/h2-5,12,14-15,17H,6-10H2,1H3. The highest BCUT2D eigenvalue weighted by molar-refractivity contribution is 6.30. The van der Waals surface area contributed by atoms with E-state index in [1.165, 1.54) is 31.4 Å². The lowest BCUT2D eigenvalue weighted by Crippen LogP contribution is -2.32. The second kappa shape index (κ2) is 5.20. The van der Waals surface area contributed by atoms with Gasteiger partial charge in [0.2, 0.25) is 0 Å². The average molecular weight is 265 g/mol. The molecule has 2 nitrogen and oxygen atoms in total. The molecular weight excluding hydrogens is 244 g/mol. The Labute approximate surface area is 114 Å². The van der Waals surface area contributed by atoms with Crippen LogP contribution in [-0.2, 0) is 6.54 Å². The van der Waals surface area contributed by atoms with Gasteiger partial charge < -0.3 is 10.2 Å². The second-order valence-electron chi connectivity index (χ2n) is 5.87. The van der Waals surface area contributed by atoms with Gasteiger partial charge in [-0.15, -0.1) is 0 Å². The topological polar surface area (TPSA) is 15.3 Å². The summed E-state index contributed by atoms with van der Waals surface area (Å²) in [6.07, 6.45) is 4.14. The van der Waals surface area contributed by atoms with E-state index in [9.17, 15) is 0 Å². The normalized spacial score (nSPS) is 30.3. The number of halogens is 1. The lowest BCUT2D eigenvalue weighted by Gasteiger charge is -2.26. The quantitative estimate of drug-likeness (QED) is 0.900. The van der Waals surface area contributed by atoms with Crippen molar-refractivity contribution >= 4 is 11.6 Å². The van der Waals surface area contributed by atoms with E-state index >= 15 is 0 Å². The molecule has 0 spiro atoms. The zero-order valence-electron chi connectivity index (χ0n) is 10.9. The highest BCUT2D eigenvalue weighted by Gasteiger charge is 2.38. The van der Waals surface area contributed by atoms with Crippen molar-refractivity contribution in [3.63, 3.8) is 0 Å². The summed E-state index contributed by atoms with van der Waals surface area (Å²) in [5.41, 5.74) is 1.35. The minimum Gasteiger partial charge on any atom is -0.311 e. The van der Waals surface area contributed by atoms with Gasteiger partial charge in [0, 0.05) is 30.2 Å². The van der Waals surface area contributed by atoms with Gasteiger partial charge in [0.25, 0.3) is 0 Å². The number of fused-ring (bicyclic) bond motifs is 2. The number of benzene rings is 1. The summed E-state index contributed by atoms with van der Waals surface area (Å²) in [5, 5.41) is 4.53. The number of hydrogen-bond acceptors (Lipinski definition) is 2. The van der Waals surface area contributed by atoms with Crippen molar-refractivity contribution in [1.29, 1.82) is 0 Å². The van der Waals surface area contributed by atoms with E-state index < -0.39 is 0 Å². The maximum Gasteiger partial charge on any atom is 0.0406 e. The van der Waals surface area contributed by atoms with Crippen LogP contribution < -0.4 is 5.32 Å². The molecule has 3 atom stereocenters. The van der Waals surface area contributed by atoms with Crippen molar-refractivity contribution in [2.75, 3.05) is 13.6 Å². The van der Waals surface area contributed by atoms with Gasteiger partial charge in [-0.05, 0) is 49.9 Å². The molecule has 3 rings (SSSR count). The average Bonchev–Trinajstić information content (AvgIpc) is 2.94. The number of nitrogens with one attached hydrogen (secondary N) is 1. The van der Waals surface area contributed by atoms with Crippen LogP contribution in [0.3, 0.4) is 0 Å². The maximum atomic E-state index is 5.91. The minimum atomic E-state index is 0.780. The third kappa shape index (κ3) is 2.71. The smallest absolute Gasteiger partial charge is 0.0406 e. The number of nitrogens with zero attached hydrogens (tertiary/aromatic N) is 1. The van der Waals surface area contributed by atoms with Gasteiger partial charge in [-0.1, -0.05) is 23.7 Å². The monoisotopic (exact) mass is 264 g/mol. The fourth-order valence-corrected chi connectivity index (χ4v) is 3.63. The van der Waals surface area contributed by atoms with Crippen LogP contribution >= 0.6 is 11.6 Å². The van der Waals surface area contributed by atoms with Crippen LogP contribution in [0.2, 0.25) is 5.02 Å². The van der Waals surface area contributed by atoms with E-state index in [4.69, 9.17) is 11.6 Å². The minimum absolute atomic E-state index is 0.780. The molecule has 2 fully saturated rings. The molecule has 2 heterocycles. The second-order valence-corrected chi connectivity index (χ2v) is 6.30. The SMILES string of the molecule is CN(Cc1ccc(Cl)cc1)CC1CC2CCC1N2. The van der Waals surface area contributed by atoms with Crippen molar-refractivity contribution in [3.8, 4) is 0 Å². The van der Waals surface area contributed by atoms with Crippen LogP contribution in [0.4, 0.5) is 0 Å². The molecule has 2 bridgehead atoms. The number of rotatable bonds is 4. The van der Waals surface area contributed by atoms with Gasteiger partial charge in [-0.3, -0.25) is 0 Å². The molecule has 2 saturated heterocycles. The van der Waals surface area contributed by atoms with Crippen LogP contribution in [-0.4, -0.2) is 30.6 Å². The zero-order valence-corrected chi connectivity index (χ0v) is 11.7. The zero-order chi connectivity index (χ0) is 12.5. The molecule has 0 aromatic heterocycles. The molecule has 3 heteroatoms. The van der Waals surface area contributed by atoms with Crippen LogP contribution in [0.1, 0.15) is 24.8 Å². The molecule has 0 saturated carbocycles. The Morgan fingerprint density at radius 2 is 2.06 bits per heavy atom. The van der Waals surface area contributed by atoms with Crippen LogP contribution in [0.25, 0.3) is 0 Å². The largest absolute Gasteiger partial charge is 0.311 e. The summed E-state index contributed by atoms with van der Waals surface area (Å²) in [5.74, 6) is 0.848. The molecule has 3 unspecified atom stereocenters. The maximum absolute atomic E-state index is 5.91.